The number of aromatic nitrogens is 3. The Balaban J connectivity index is 1.49. The van der Waals surface area contributed by atoms with Crippen molar-refractivity contribution in [3.63, 3.8) is 0 Å². The number of phenolic OH excluding ortho intramolecular Hbond substituents is 1. The number of benzene rings is 1. The lowest BCUT2D eigenvalue weighted by molar-refractivity contribution is -0.190. The number of hydrogen-bond donors (Lipinski definition) is 2. The summed E-state index contributed by atoms with van der Waals surface area (Å²) in [7, 11) is -4.46. The summed E-state index contributed by atoms with van der Waals surface area (Å²) < 4.78 is 116. The number of aromatic hydroxyl groups is 1. The van der Waals surface area contributed by atoms with Crippen LogP contribution >= 0.6 is 0 Å². The van der Waals surface area contributed by atoms with E-state index in [1.54, 1.807) is 0 Å². The molecule has 1 aliphatic heterocycles. The van der Waals surface area contributed by atoms with E-state index in [1.165, 1.54) is 47.8 Å². The smallest absolute Gasteiger partial charge is 0.394 e. The fourth-order valence-corrected chi connectivity index (χ4v) is 5.78. The van der Waals surface area contributed by atoms with Crippen molar-refractivity contribution in [2.24, 2.45) is 11.3 Å². The van der Waals surface area contributed by atoms with E-state index in [2.05, 4.69) is 10.1 Å². The Kier molecular flexibility index (Phi) is 5.92. The summed E-state index contributed by atoms with van der Waals surface area (Å²) >= 11 is 0. The van der Waals surface area contributed by atoms with Crippen LogP contribution in [0.25, 0.3) is 5.82 Å². The SMILES string of the molecule is [2H]C([2H])([2H])[C@@H]1CN(c2nc(-n3ccc(OCCC4(C(F)(F)F)CC4)n3)ccc2C(=O)NS(=O)(=O)c2ccc(O)cc2)C(C)(C)C1([2H])[2H]. The van der Waals surface area contributed by atoms with Crippen molar-refractivity contribution in [2.45, 2.75) is 62.9 Å². The zero-order valence-electron chi connectivity index (χ0n) is 27.6. The molecule has 0 bridgehead atoms. The fraction of sp³-hybridized carbons (Fsp3) is 0.464. The van der Waals surface area contributed by atoms with Crippen LogP contribution in [-0.2, 0) is 10.0 Å². The van der Waals surface area contributed by atoms with Crippen molar-refractivity contribution in [1.29, 1.82) is 0 Å². The number of rotatable bonds is 9. The molecule has 0 spiro atoms. The van der Waals surface area contributed by atoms with Crippen LogP contribution in [0.4, 0.5) is 19.0 Å². The molecule has 0 radical (unpaired) electrons. The Morgan fingerprint density at radius 1 is 1.21 bits per heavy atom. The number of halogens is 3. The van der Waals surface area contributed by atoms with E-state index >= 15 is 0 Å². The van der Waals surface area contributed by atoms with Crippen molar-refractivity contribution in [3.05, 3.63) is 54.2 Å². The minimum atomic E-state index is -4.46. The molecule has 1 amide bonds. The molecule has 1 saturated heterocycles. The number of alkyl halides is 3. The number of carbonyl (C=O) groups excluding carboxylic acids is 1. The van der Waals surface area contributed by atoms with Crippen LogP contribution < -0.4 is 14.4 Å². The molecule has 1 aliphatic carbocycles. The van der Waals surface area contributed by atoms with Gasteiger partial charge in [-0.05, 0) is 81.8 Å². The molecule has 1 saturated carbocycles. The molecule has 226 valence electrons. The lowest BCUT2D eigenvalue weighted by Crippen LogP contribution is -2.41. The van der Waals surface area contributed by atoms with Crippen LogP contribution in [0, 0.1) is 11.3 Å². The monoisotopic (exact) mass is 612 g/mol. The number of amides is 1. The van der Waals surface area contributed by atoms with E-state index in [-0.39, 0.29) is 59.6 Å². The predicted molar refractivity (Wildman–Crippen MR) is 147 cm³/mol. The summed E-state index contributed by atoms with van der Waals surface area (Å²) in [5, 5.41) is 13.7. The van der Waals surface area contributed by atoms with E-state index in [0.717, 1.165) is 24.3 Å². The molecule has 0 unspecified atom stereocenters. The highest BCUT2D eigenvalue weighted by molar-refractivity contribution is 7.90. The molecule has 42 heavy (non-hydrogen) atoms. The van der Waals surface area contributed by atoms with Crippen molar-refractivity contribution >= 4 is 21.7 Å². The van der Waals surface area contributed by atoms with Crippen molar-refractivity contribution in [1.82, 2.24) is 19.5 Å². The van der Waals surface area contributed by atoms with Crippen LogP contribution in [0.2, 0.25) is 0 Å². The summed E-state index contributed by atoms with van der Waals surface area (Å²) in [6, 6.07) is 8.32. The van der Waals surface area contributed by atoms with Gasteiger partial charge in [0.15, 0.2) is 5.82 Å². The molecule has 1 atom stereocenters. The second-order valence-electron chi connectivity index (χ2n) is 10.8. The Bertz CT molecular complexity index is 1780. The summed E-state index contributed by atoms with van der Waals surface area (Å²) in [4.78, 5) is 19.0. The van der Waals surface area contributed by atoms with Crippen LogP contribution in [0.3, 0.4) is 0 Å². The third-order valence-corrected chi connectivity index (χ3v) is 8.73. The first-order valence-corrected chi connectivity index (χ1v) is 14.5. The van der Waals surface area contributed by atoms with Gasteiger partial charge in [-0.15, -0.1) is 5.10 Å². The number of ether oxygens (including phenoxy) is 1. The number of nitrogens with one attached hydrogen (secondary N) is 1. The molecule has 3 aromatic rings. The topological polar surface area (TPSA) is 127 Å². The molecule has 10 nitrogen and oxygen atoms in total. The average molecular weight is 613 g/mol. The van der Waals surface area contributed by atoms with E-state index in [0.29, 0.717) is 0 Å². The van der Waals surface area contributed by atoms with Gasteiger partial charge in [0.25, 0.3) is 15.9 Å². The Hall–Kier alpha value is -3.81. The normalized spacial score (nSPS) is 22.7. The van der Waals surface area contributed by atoms with Gasteiger partial charge in [-0.2, -0.15) is 13.2 Å². The second kappa shape index (κ2) is 10.5. The first kappa shape index (κ1) is 23.7. The molecule has 2 aromatic heterocycles. The number of sulfonamides is 1. The maximum Gasteiger partial charge on any atom is 0.394 e. The van der Waals surface area contributed by atoms with Crippen molar-refractivity contribution < 1.29 is 43.1 Å². The number of anilines is 1. The highest BCUT2D eigenvalue weighted by Crippen LogP contribution is 2.59. The van der Waals surface area contributed by atoms with Crippen molar-refractivity contribution in [2.75, 3.05) is 18.1 Å². The first-order chi connectivity index (χ1) is 21.6. The van der Waals surface area contributed by atoms with E-state index in [9.17, 15) is 31.5 Å². The maximum absolute atomic E-state index is 13.5. The largest absolute Gasteiger partial charge is 0.508 e. The third-order valence-electron chi connectivity index (χ3n) is 7.39. The minimum absolute atomic E-state index is 0.00608. The number of carbonyl (C=O) groups is 1. The summed E-state index contributed by atoms with van der Waals surface area (Å²) in [6.45, 7) is -0.508. The Labute approximate surface area is 248 Å². The van der Waals surface area contributed by atoms with Crippen LogP contribution in [0.15, 0.2) is 53.6 Å². The zero-order valence-corrected chi connectivity index (χ0v) is 23.5. The molecule has 2 N–H and O–H groups in total. The first-order valence-electron chi connectivity index (χ1n) is 15.5. The van der Waals surface area contributed by atoms with Gasteiger partial charge in [0.1, 0.15) is 11.6 Å². The summed E-state index contributed by atoms with van der Waals surface area (Å²) in [5.41, 5.74) is -3.65. The van der Waals surface area contributed by atoms with Gasteiger partial charge in [-0.25, -0.2) is 22.8 Å². The Morgan fingerprint density at radius 3 is 2.55 bits per heavy atom. The maximum atomic E-state index is 13.5. The zero-order chi connectivity index (χ0) is 34.8. The van der Waals surface area contributed by atoms with Crippen LogP contribution in [-0.4, -0.2) is 59.1 Å². The lowest BCUT2D eigenvalue weighted by atomic mass is 9.97. The molecular formula is C28H32F3N5O5S. The standard InChI is InChI=1S/C28H32F3N5O5S/c1-18-16-26(2,3)35(17-18)24-21(25(38)34-42(39,40)20-6-4-19(37)5-7-20)8-9-22(32-24)36-14-10-23(33-36)41-15-13-27(11-12-27)28(29,30)31/h4-10,14,18,37H,11-13,15-17H2,1-3H3,(H,34,38)/t18-/m0/s1/i1D3,16D2. The molecule has 2 aliphatic rings. The molecule has 5 rings (SSSR count). The lowest BCUT2D eigenvalue weighted by Gasteiger charge is -2.34. The molecule has 14 heteroatoms. The third kappa shape index (κ3) is 5.90. The van der Waals surface area contributed by atoms with Gasteiger partial charge in [0.2, 0.25) is 5.88 Å². The average Bonchev–Trinajstić information content (AvgIpc) is 3.56. The van der Waals surface area contributed by atoms with Crippen LogP contribution in [0.1, 0.15) is 63.5 Å². The predicted octanol–water partition coefficient (Wildman–Crippen LogP) is 4.83. The van der Waals surface area contributed by atoms with Gasteiger partial charge in [-0.3, -0.25) is 4.79 Å². The highest BCUT2D eigenvalue weighted by atomic mass is 32.2. The molecule has 3 heterocycles. The summed E-state index contributed by atoms with van der Waals surface area (Å²) in [5.74, 6) is -3.07. The van der Waals surface area contributed by atoms with Crippen molar-refractivity contribution in [3.8, 4) is 17.4 Å². The molecular weight excluding hydrogens is 575 g/mol. The van der Waals surface area contributed by atoms with Gasteiger partial charge < -0.3 is 14.7 Å². The Morgan fingerprint density at radius 2 is 1.93 bits per heavy atom. The molecule has 1 aromatic carbocycles. The van der Waals surface area contributed by atoms with E-state index in [4.69, 9.17) is 11.6 Å². The van der Waals surface area contributed by atoms with E-state index in [1.807, 2.05) is 4.72 Å². The van der Waals surface area contributed by atoms with Gasteiger partial charge in [0, 0.05) is 31.2 Å². The highest BCUT2D eigenvalue weighted by Gasteiger charge is 2.62. The minimum Gasteiger partial charge on any atom is -0.508 e. The van der Waals surface area contributed by atoms with Gasteiger partial charge in [-0.1, -0.05) is 6.85 Å². The number of pyridine rings is 1. The number of phenols is 1. The quantitative estimate of drug-likeness (QED) is 0.352. The van der Waals surface area contributed by atoms with Gasteiger partial charge >= 0.3 is 6.18 Å². The van der Waals surface area contributed by atoms with Crippen LogP contribution in [0.5, 0.6) is 11.6 Å². The number of hydrogen-bond acceptors (Lipinski definition) is 8. The second-order valence-corrected chi connectivity index (χ2v) is 12.5. The number of nitrogens with zero attached hydrogens (tertiary/aromatic N) is 4. The molecule has 2 fully saturated rings. The summed E-state index contributed by atoms with van der Waals surface area (Å²) in [6.07, 6.45) is -5.43. The van der Waals surface area contributed by atoms with E-state index < -0.39 is 58.7 Å². The van der Waals surface area contributed by atoms with Gasteiger partial charge in [0.05, 0.1) is 22.5 Å². The fourth-order valence-electron chi connectivity index (χ4n) is 4.81.